The number of epoxide rings is 1. The van der Waals surface area contributed by atoms with Gasteiger partial charge in [-0.3, -0.25) is 0 Å². The van der Waals surface area contributed by atoms with E-state index < -0.39 is 5.60 Å². The Balaban J connectivity index is 1.32. The standard InChI is InChI=1S/C29H48O3/c1-7-28(31,18(2)3)15-10-19(4)22-8-9-23-21-16-25-29(32-25)17-20(30)11-14-27(29,6)24(21)12-13-26(22,23)5/h7,18-25,30-31H,1,8-17H2,2-6H3/t19-,20+,21?,22?,23?,24?,25-,26-,27-,28+,29-/m1/s1. The van der Waals surface area contributed by atoms with E-state index in [0.717, 1.165) is 55.8 Å². The highest BCUT2D eigenvalue weighted by Gasteiger charge is 2.76. The van der Waals surface area contributed by atoms with Crippen LogP contribution in [0.25, 0.3) is 0 Å². The zero-order valence-electron chi connectivity index (χ0n) is 21.3. The SMILES string of the molecule is C=C[C@](O)(CC[C@@H](C)C1CCC2C3C[C@H]4O[C@]45C[C@@H](O)CC[C@]5(C)C3CC[C@@]21C)C(C)C. The van der Waals surface area contributed by atoms with Crippen molar-refractivity contribution in [1.82, 2.24) is 0 Å². The summed E-state index contributed by atoms with van der Waals surface area (Å²) in [6.07, 6.45) is 13.6. The van der Waals surface area contributed by atoms with Crippen LogP contribution in [0.15, 0.2) is 12.7 Å². The van der Waals surface area contributed by atoms with Gasteiger partial charge in [-0.25, -0.2) is 0 Å². The minimum atomic E-state index is -0.735. The van der Waals surface area contributed by atoms with Gasteiger partial charge in [-0.2, -0.15) is 0 Å². The van der Waals surface area contributed by atoms with Crippen LogP contribution >= 0.6 is 0 Å². The molecule has 1 spiro atoms. The minimum Gasteiger partial charge on any atom is -0.393 e. The van der Waals surface area contributed by atoms with Gasteiger partial charge >= 0.3 is 0 Å². The van der Waals surface area contributed by atoms with Gasteiger partial charge in [0.1, 0.15) is 5.60 Å². The third-order valence-corrected chi connectivity index (χ3v) is 12.2. The van der Waals surface area contributed by atoms with E-state index in [1.165, 1.54) is 32.1 Å². The average molecular weight is 445 g/mol. The summed E-state index contributed by atoms with van der Waals surface area (Å²) >= 11 is 0. The molecule has 0 aromatic heterocycles. The summed E-state index contributed by atoms with van der Waals surface area (Å²) < 4.78 is 6.50. The first kappa shape index (κ1) is 23.4. The zero-order chi connectivity index (χ0) is 23.1. The van der Waals surface area contributed by atoms with Crippen LogP contribution in [0.1, 0.15) is 98.8 Å². The number of aliphatic hydroxyl groups is 2. The van der Waals surface area contributed by atoms with E-state index in [4.69, 9.17) is 4.74 Å². The Morgan fingerprint density at radius 2 is 1.84 bits per heavy atom. The Morgan fingerprint density at radius 3 is 2.53 bits per heavy atom. The van der Waals surface area contributed by atoms with E-state index in [9.17, 15) is 10.2 Å². The molecule has 0 aromatic rings. The van der Waals surface area contributed by atoms with Crippen molar-refractivity contribution in [3.63, 3.8) is 0 Å². The highest BCUT2D eigenvalue weighted by atomic mass is 16.6. The summed E-state index contributed by atoms with van der Waals surface area (Å²) in [5.74, 6) is 4.02. The summed E-state index contributed by atoms with van der Waals surface area (Å²) in [6, 6.07) is 0. The lowest BCUT2D eigenvalue weighted by Crippen LogP contribution is -2.58. The molecule has 32 heavy (non-hydrogen) atoms. The van der Waals surface area contributed by atoms with E-state index in [1.807, 2.05) is 0 Å². The van der Waals surface area contributed by atoms with E-state index in [0.29, 0.717) is 17.4 Å². The molecule has 2 N–H and O–H groups in total. The predicted octanol–water partition coefficient (Wildman–Crippen LogP) is 6.13. The molecule has 5 rings (SSSR count). The van der Waals surface area contributed by atoms with Crippen LogP contribution in [0, 0.1) is 46.3 Å². The molecule has 3 heteroatoms. The van der Waals surface area contributed by atoms with Gasteiger partial charge in [0.25, 0.3) is 0 Å². The Labute approximate surface area is 196 Å². The van der Waals surface area contributed by atoms with Crippen LogP contribution < -0.4 is 0 Å². The molecule has 11 atom stereocenters. The molecule has 0 bridgehead atoms. The Morgan fingerprint density at radius 1 is 1.09 bits per heavy atom. The Kier molecular flexibility index (Phi) is 5.52. The minimum absolute atomic E-state index is 0.00311. The van der Waals surface area contributed by atoms with Gasteiger partial charge in [-0.15, -0.1) is 6.58 Å². The topological polar surface area (TPSA) is 53.0 Å². The van der Waals surface area contributed by atoms with E-state index in [1.54, 1.807) is 6.08 Å². The zero-order valence-corrected chi connectivity index (χ0v) is 21.3. The second-order valence-electron chi connectivity index (χ2n) is 13.5. The first-order valence-electron chi connectivity index (χ1n) is 13.7. The molecule has 4 aliphatic carbocycles. The van der Waals surface area contributed by atoms with Gasteiger partial charge in [0, 0.05) is 11.8 Å². The van der Waals surface area contributed by atoms with Crippen molar-refractivity contribution in [3.05, 3.63) is 12.7 Å². The quantitative estimate of drug-likeness (QED) is 0.383. The van der Waals surface area contributed by atoms with Gasteiger partial charge in [0.15, 0.2) is 0 Å². The van der Waals surface area contributed by atoms with Crippen LogP contribution in [-0.2, 0) is 4.74 Å². The number of fused-ring (bicyclic) bond motifs is 4. The molecule has 1 saturated heterocycles. The maximum Gasteiger partial charge on any atom is 0.103 e. The number of hydrogen-bond acceptors (Lipinski definition) is 3. The van der Waals surface area contributed by atoms with Crippen LogP contribution in [0.3, 0.4) is 0 Å². The van der Waals surface area contributed by atoms with Gasteiger partial charge in [-0.1, -0.05) is 40.7 Å². The van der Waals surface area contributed by atoms with Gasteiger partial charge < -0.3 is 14.9 Å². The summed E-state index contributed by atoms with van der Waals surface area (Å²) in [4.78, 5) is 0. The van der Waals surface area contributed by atoms with Crippen molar-refractivity contribution in [2.45, 2.75) is 122 Å². The molecule has 182 valence electrons. The summed E-state index contributed by atoms with van der Waals surface area (Å²) in [5, 5.41) is 21.4. The first-order valence-corrected chi connectivity index (χ1v) is 13.7. The maximum absolute atomic E-state index is 11.0. The Bertz CT molecular complexity index is 749. The fourth-order valence-electron chi connectivity index (χ4n) is 9.92. The van der Waals surface area contributed by atoms with Crippen molar-refractivity contribution in [2.75, 3.05) is 0 Å². The van der Waals surface area contributed by atoms with Crippen LogP contribution in [0.2, 0.25) is 0 Å². The van der Waals surface area contributed by atoms with Crippen LogP contribution in [0.4, 0.5) is 0 Å². The normalized spacial score (nSPS) is 52.2. The van der Waals surface area contributed by atoms with Gasteiger partial charge in [0.05, 0.1) is 17.8 Å². The van der Waals surface area contributed by atoms with Gasteiger partial charge in [0.2, 0.25) is 0 Å². The number of aliphatic hydroxyl groups excluding tert-OH is 1. The highest BCUT2D eigenvalue weighted by molar-refractivity contribution is 5.24. The number of hydrogen-bond donors (Lipinski definition) is 2. The van der Waals surface area contributed by atoms with Crippen molar-refractivity contribution in [1.29, 1.82) is 0 Å². The second kappa shape index (κ2) is 7.56. The van der Waals surface area contributed by atoms with Crippen LogP contribution in [-0.4, -0.2) is 33.6 Å². The first-order chi connectivity index (χ1) is 15.0. The lowest BCUT2D eigenvalue weighted by molar-refractivity contribution is -0.117. The van der Waals surface area contributed by atoms with Crippen molar-refractivity contribution in [2.24, 2.45) is 46.3 Å². The third kappa shape index (κ3) is 3.09. The fraction of sp³-hybridized carbons (Fsp3) is 0.931. The highest BCUT2D eigenvalue weighted by Crippen LogP contribution is 2.74. The van der Waals surface area contributed by atoms with Crippen molar-refractivity contribution < 1.29 is 14.9 Å². The molecule has 4 unspecified atom stereocenters. The Hall–Kier alpha value is -0.380. The number of rotatable bonds is 6. The largest absolute Gasteiger partial charge is 0.393 e. The predicted molar refractivity (Wildman–Crippen MR) is 129 cm³/mol. The molecule has 4 saturated carbocycles. The summed E-state index contributed by atoms with van der Waals surface area (Å²) in [7, 11) is 0. The molecule has 1 aliphatic heterocycles. The number of ether oxygens (including phenoxy) is 1. The van der Waals surface area contributed by atoms with E-state index >= 15 is 0 Å². The average Bonchev–Trinajstić information content (AvgIpc) is 3.32. The van der Waals surface area contributed by atoms with Crippen molar-refractivity contribution in [3.8, 4) is 0 Å². The second-order valence-corrected chi connectivity index (χ2v) is 13.5. The maximum atomic E-state index is 11.0. The lowest BCUT2D eigenvalue weighted by Gasteiger charge is -2.59. The molecule has 0 amide bonds. The third-order valence-electron chi connectivity index (χ3n) is 12.2. The molecule has 0 radical (unpaired) electrons. The van der Waals surface area contributed by atoms with E-state index in [-0.39, 0.29) is 23.0 Å². The summed E-state index contributed by atoms with van der Waals surface area (Å²) in [5.41, 5.74) is -0.0372. The smallest absolute Gasteiger partial charge is 0.103 e. The molecule has 5 aliphatic rings. The monoisotopic (exact) mass is 444 g/mol. The molecule has 0 aromatic carbocycles. The fourth-order valence-corrected chi connectivity index (χ4v) is 9.92. The lowest BCUT2D eigenvalue weighted by atomic mass is 9.44. The van der Waals surface area contributed by atoms with Crippen molar-refractivity contribution >= 4 is 0 Å². The molecular formula is C29H48O3. The summed E-state index contributed by atoms with van der Waals surface area (Å²) in [6.45, 7) is 15.7. The van der Waals surface area contributed by atoms with E-state index in [2.05, 4.69) is 41.2 Å². The molecular weight excluding hydrogens is 396 g/mol. The molecule has 5 fully saturated rings. The molecule has 3 nitrogen and oxygen atoms in total. The van der Waals surface area contributed by atoms with Crippen LogP contribution in [0.5, 0.6) is 0 Å². The molecule has 1 heterocycles. The van der Waals surface area contributed by atoms with Gasteiger partial charge in [-0.05, 0) is 98.7 Å².